The first-order chi connectivity index (χ1) is 18.8. The highest BCUT2D eigenvalue weighted by Crippen LogP contribution is 2.39. The molecule has 0 radical (unpaired) electrons. The van der Waals surface area contributed by atoms with Crippen molar-refractivity contribution in [2.75, 3.05) is 25.5 Å². The van der Waals surface area contributed by atoms with Gasteiger partial charge in [-0.2, -0.15) is 10.2 Å². The molecule has 0 unspecified atom stereocenters. The van der Waals surface area contributed by atoms with Crippen LogP contribution in [-0.4, -0.2) is 60.7 Å². The van der Waals surface area contributed by atoms with Crippen LogP contribution in [0.25, 0.3) is 28.0 Å². The normalized spacial score (nSPS) is 18.6. The van der Waals surface area contributed by atoms with Gasteiger partial charge in [0.2, 0.25) is 0 Å². The number of nitrogens with zero attached hydrogens (tertiary/aromatic N) is 6. The van der Waals surface area contributed by atoms with Gasteiger partial charge < -0.3 is 20.1 Å². The maximum atomic E-state index is 13.0. The lowest BCUT2D eigenvalue weighted by Gasteiger charge is -2.29. The molecule has 2 saturated heterocycles. The van der Waals surface area contributed by atoms with Crippen molar-refractivity contribution in [1.82, 2.24) is 29.3 Å². The molecule has 5 heterocycles. The molecule has 10 heteroatoms. The first kappa shape index (κ1) is 25.4. The molecule has 0 spiro atoms. The minimum Gasteiger partial charge on any atom is -0.444 e. The highest BCUT2D eigenvalue weighted by atomic mass is 16.6. The largest absolute Gasteiger partial charge is 0.444 e. The zero-order valence-corrected chi connectivity index (χ0v) is 22.7. The molecule has 2 aliphatic heterocycles. The fourth-order valence-electron chi connectivity index (χ4n) is 5.77. The van der Waals surface area contributed by atoms with Crippen LogP contribution < -0.4 is 5.73 Å². The summed E-state index contributed by atoms with van der Waals surface area (Å²) in [6.45, 7) is 7.83. The number of benzene rings is 1. The third-order valence-corrected chi connectivity index (χ3v) is 7.51. The first-order valence-electron chi connectivity index (χ1n) is 13.6. The van der Waals surface area contributed by atoms with E-state index in [0.29, 0.717) is 12.4 Å². The molecular weight excluding hydrogens is 494 g/mol. The Kier molecular flexibility index (Phi) is 6.50. The van der Waals surface area contributed by atoms with Crippen LogP contribution >= 0.6 is 0 Å². The summed E-state index contributed by atoms with van der Waals surface area (Å²) in [4.78, 5) is 19.1. The van der Waals surface area contributed by atoms with Crippen molar-refractivity contribution in [3.63, 3.8) is 0 Å². The molecule has 2 fully saturated rings. The van der Waals surface area contributed by atoms with Gasteiger partial charge in [-0.3, -0.25) is 4.68 Å². The van der Waals surface area contributed by atoms with Gasteiger partial charge in [0.1, 0.15) is 17.4 Å². The van der Waals surface area contributed by atoms with E-state index < -0.39 is 5.60 Å². The van der Waals surface area contributed by atoms with E-state index in [0.717, 1.165) is 72.5 Å². The number of anilines is 1. The van der Waals surface area contributed by atoms with Crippen molar-refractivity contribution >= 4 is 17.4 Å². The summed E-state index contributed by atoms with van der Waals surface area (Å²) >= 11 is 0. The number of rotatable bonds is 4. The Balaban J connectivity index is 1.40. The van der Waals surface area contributed by atoms with Gasteiger partial charge in [-0.15, -0.1) is 0 Å². The van der Waals surface area contributed by atoms with Crippen LogP contribution in [0.3, 0.4) is 0 Å². The highest BCUT2D eigenvalue weighted by Gasteiger charge is 2.33. The molecule has 4 aromatic rings. The van der Waals surface area contributed by atoms with Crippen molar-refractivity contribution in [2.24, 2.45) is 0 Å². The highest BCUT2D eigenvalue weighted by molar-refractivity contribution is 5.91. The predicted octanol–water partition coefficient (Wildman–Crippen LogP) is 5.27. The van der Waals surface area contributed by atoms with E-state index in [1.165, 1.54) is 6.33 Å². The average Bonchev–Trinajstić information content (AvgIpc) is 3.67. The maximum absolute atomic E-state index is 13.0. The number of aromatic nitrogens is 5. The van der Waals surface area contributed by atoms with Crippen molar-refractivity contribution < 1.29 is 14.3 Å². The Morgan fingerprint density at radius 2 is 1.90 bits per heavy atom. The van der Waals surface area contributed by atoms with Gasteiger partial charge in [0.15, 0.2) is 5.82 Å². The summed E-state index contributed by atoms with van der Waals surface area (Å²) in [5.41, 5.74) is 11.5. The van der Waals surface area contributed by atoms with Crippen LogP contribution in [-0.2, 0) is 9.47 Å². The Hall–Kier alpha value is -3.92. The summed E-state index contributed by atoms with van der Waals surface area (Å²) < 4.78 is 15.2. The molecule has 39 heavy (non-hydrogen) atoms. The molecule has 1 amide bonds. The summed E-state index contributed by atoms with van der Waals surface area (Å²) in [6.07, 6.45) is 6.70. The molecule has 1 aromatic carbocycles. The van der Waals surface area contributed by atoms with Crippen molar-refractivity contribution in [1.29, 1.82) is 0 Å². The molecule has 2 aliphatic rings. The van der Waals surface area contributed by atoms with Crippen LogP contribution in [0.4, 0.5) is 10.6 Å². The number of carbonyl (C=O) groups is 1. The number of nitrogens with two attached hydrogens (primary N) is 1. The Morgan fingerprint density at radius 3 is 2.69 bits per heavy atom. The van der Waals surface area contributed by atoms with Crippen LogP contribution in [0.5, 0.6) is 0 Å². The Bertz CT molecular complexity index is 1500. The Labute approximate surface area is 227 Å². The fraction of sp³-hybridized carbons (Fsp3) is 0.448. The number of amides is 1. The number of likely N-dealkylation sites (tertiary alicyclic amines) is 1. The quantitative estimate of drug-likeness (QED) is 0.383. The summed E-state index contributed by atoms with van der Waals surface area (Å²) in [6, 6.07) is 12.7. The molecule has 0 saturated carbocycles. The van der Waals surface area contributed by atoms with Crippen LogP contribution in [0.1, 0.15) is 64.1 Å². The number of carbonyl (C=O) groups excluding carboxylic acids is 1. The monoisotopic (exact) mass is 529 g/mol. The zero-order valence-electron chi connectivity index (χ0n) is 22.7. The van der Waals surface area contributed by atoms with E-state index in [9.17, 15) is 4.79 Å². The molecule has 2 N–H and O–H groups in total. The minimum absolute atomic E-state index is 0.0415. The molecular formula is C29H35N7O3. The van der Waals surface area contributed by atoms with Crippen LogP contribution in [0.15, 0.2) is 48.9 Å². The maximum Gasteiger partial charge on any atom is 0.410 e. The van der Waals surface area contributed by atoms with E-state index in [-0.39, 0.29) is 18.2 Å². The number of hydrogen-bond donors (Lipinski definition) is 1. The summed E-state index contributed by atoms with van der Waals surface area (Å²) in [5.74, 6) is 0.411. The standard InChI is InChI=1S/C29H35N7O3/c1-29(2,3)39-28(37)34-13-5-8-23(34)19-6-4-7-20(16-19)25-17-22(26-27(30)31-18-33-36(25)26)24-9-12-32-35(24)21-10-14-38-15-11-21/h4,6-7,9,12,16-18,21,23H,5,8,10-11,13-15H2,1-3H3,(H2,30,31,33)/t23-/m0/s1. The van der Waals surface area contributed by atoms with Gasteiger partial charge in [-0.05, 0) is 70.2 Å². The van der Waals surface area contributed by atoms with E-state index in [1.807, 2.05) is 48.5 Å². The molecule has 0 aliphatic carbocycles. The lowest BCUT2D eigenvalue weighted by Crippen LogP contribution is -2.36. The lowest BCUT2D eigenvalue weighted by atomic mass is 10.0. The van der Waals surface area contributed by atoms with Gasteiger partial charge in [-0.25, -0.2) is 14.3 Å². The van der Waals surface area contributed by atoms with Crippen molar-refractivity contribution in [3.05, 3.63) is 54.5 Å². The van der Waals surface area contributed by atoms with Crippen LogP contribution in [0.2, 0.25) is 0 Å². The topological polar surface area (TPSA) is 113 Å². The van der Waals surface area contributed by atoms with E-state index in [1.54, 1.807) is 0 Å². The smallest absolute Gasteiger partial charge is 0.410 e. The van der Waals surface area contributed by atoms with Gasteiger partial charge >= 0.3 is 6.09 Å². The second-order valence-electron chi connectivity index (χ2n) is 11.3. The third kappa shape index (κ3) is 4.85. The molecule has 0 bridgehead atoms. The van der Waals surface area contributed by atoms with Gasteiger partial charge in [0.25, 0.3) is 0 Å². The second kappa shape index (κ2) is 10.00. The van der Waals surface area contributed by atoms with Crippen molar-refractivity contribution in [2.45, 2.75) is 64.1 Å². The third-order valence-electron chi connectivity index (χ3n) is 7.51. The molecule has 6 rings (SSSR count). The van der Waals surface area contributed by atoms with E-state index >= 15 is 0 Å². The second-order valence-corrected chi connectivity index (χ2v) is 11.3. The van der Waals surface area contributed by atoms with Gasteiger partial charge in [0.05, 0.1) is 23.5 Å². The van der Waals surface area contributed by atoms with E-state index in [4.69, 9.17) is 15.2 Å². The molecule has 10 nitrogen and oxygen atoms in total. The average molecular weight is 530 g/mol. The first-order valence-corrected chi connectivity index (χ1v) is 13.6. The summed E-state index contributed by atoms with van der Waals surface area (Å²) in [5, 5.41) is 9.27. The fourth-order valence-corrected chi connectivity index (χ4v) is 5.77. The number of hydrogen-bond acceptors (Lipinski definition) is 7. The van der Waals surface area contributed by atoms with Gasteiger partial charge in [-0.1, -0.05) is 18.2 Å². The number of ether oxygens (including phenoxy) is 2. The summed E-state index contributed by atoms with van der Waals surface area (Å²) in [7, 11) is 0. The van der Waals surface area contributed by atoms with E-state index in [2.05, 4.69) is 44.1 Å². The predicted molar refractivity (Wildman–Crippen MR) is 148 cm³/mol. The Morgan fingerprint density at radius 1 is 1.08 bits per heavy atom. The minimum atomic E-state index is -0.538. The SMILES string of the molecule is CC(C)(C)OC(=O)N1CCC[C@H]1c1cccc(-c2cc(-c3ccnn3C3CCOCC3)c3c(N)ncnn23)c1. The zero-order chi connectivity index (χ0) is 27.1. The van der Waals surface area contributed by atoms with Crippen molar-refractivity contribution in [3.8, 4) is 22.5 Å². The van der Waals surface area contributed by atoms with Gasteiger partial charge in [0, 0.05) is 37.1 Å². The number of fused-ring (bicyclic) bond motifs is 1. The number of nitrogen functional groups attached to an aromatic ring is 1. The molecule has 3 aromatic heterocycles. The molecule has 204 valence electrons. The molecule has 1 atom stereocenters. The van der Waals surface area contributed by atoms with Crippen LogP contribution in [0, 0.1) is 0 Å². The lowest BCUT2D eigenvalue weighted by molar-refractivity contribution is 0.0224.